The van der Waals surface area contributed by atoms with E-state index in [-0.39, 0.29) is 5.91 Å². The zero-order valence-electron chi connectivity index (χ0n) is 12.5. The molecule has 20 heavy (non-hydrogen) atoms. The lowest BCUT2D eigenvalue weighted by molar-refractivity contribution is -0.116. The van der Waals surface area contributed by atoms with E-state index in [1.807, 2.05) is 7.05 Å². The molecule has 1 aromatic rings. The highest BCUT2D eigenvalue weighted by Gasteiger charge is 2.22. The minimum atomic E-state index is 0.0801. The molecule has 112 valence electrons. The maximum Gasteiger partial charge on any atom is 0.226 e. The summed E-state index contributed by atoms with van der Waals surface area (Å²) in [5.41, 5.74) is 1.22. The van der Waals surface area contributed by atoms with Crippen LogP contribution in [0.3, 0.4) is 0 Å². The Bertz CT molecular complexity index is 444. The molecule has 1 heterocycles. The summed E-state index contributed by atoms with van der Waals surface area (Å²) in [7, 11) is 1.90. The van der Waals surface area contributed by atoms with E-state index >= 15 is 0 Å². The molecule has 1 aliphatic rings. The van der Waals surface area contributed by atoms with E-state index in [1.165, 1.54) is 29.8 Å². The average molecular weight is 295 g/mol. The smallest absolute Gasteiger partial charge is 0.226 e. The number of nitrogens with zero attached hydrogens (tertiary/aromatic N) is 1. The van der Waals surface area contributed by atoms with Crippen molar-refractivity contribution < 1.29 is 4.79 Å². The molecule has 0 fully saturated rings. The Morgan fingerprint density at radius 2 is 2.35 bits per heavy atom. The summed E-state index contributed by atoms with van der Waals surface area (Å²) in [6.07, 6.45) is 7.47. The molecule has 0 spiro atoms. The third kappa shape index (κ3) is 4.28. The van der Waals surface area contributed by atoms with Crippen LogP contribution >= 0.6 is 11.3 Å². The fraction of sp³-hybridized carbons (Fsp3) is 0.733. The molecule has 2 N–H and O–H groups in total. The molecule has 1 amide bonds. The van der Waals surface area contributed by atoms with E-state index in [0.29, 0.717) is 6.42 Å². The van der Waals surface area contributed by atoms with Crippen LogP contribution in [0.1, 0.15) is 49.6 Å². The van der Waals surface area contributed by atoms with Gasteiger partial charge in [0.1, 0.15) is 0 Å². The van der Waals surface area contributed by atoms with Crippen molar-refractivity contribution in [2.45, 2.75) is 51.9 Å². The van der Waals surface area contributed by atoms with Crippen molar-refractivity contribution >= 4 is 22.4 Å². The SMILES string of the molecule is CCCC1CCc2nc(NC(=O)CCCNC)sc2C1. The number of fused-ring (bicyclic) bond motifs is 1. The molecule has 0 aromatic carbocycles. The molecule has 4 nitrogen and oxygen atoms in total. The Hall–Kier alpha value is -0.940. The zero-order chi connectivity index (χ0) is 14.4. The lowest BCUT2D eigenvalue weighted by Gasteiger charge is -2.19. The van der Waals surface area contributed by atoms with Gasteiger partial charge in [0.25, 0.3) is 0 Å². The normalized spacial score (nSPS) is 17.8. The van der Waals surface area contributed by atoms with Crippen molar-refractivity contribution in [1.29, 1.82) is 0 Å². The fourth-order valence-corrected chi connectivity index (χ4v) is 3.90. The molecule has 0 bridgehead atoms. The topological polar surface area (TPSA) is 54.0 Å². The third-order valence-electron chi connectivity index (χ3n) is 3.82. The Morgan fingerprint density at radius 3 is 3.10 bits per heavy atom. The van der Waals surface area contributed by atoms with Gasteiger partial charge in [-0.25, -0.2) is 4.98 Å². The van der Waals surface area contributed by atoms with Crippen LogP contribution in [0.5, 0.6) is 0 Å². The summed E-state index contributed by atoms with van der Waals surface area (Å²) in [4.78, 5) is 17.8. The second-order valence-corrected chi connectivity index (χ2v) is 6.63. The van der Waals surface area contributed by atoms with E-state index in [1.54, 1.807) is 11.3 Å². The summed E-state index contributed by atoms with van der Waals surface area (Å²) in [5, 5.41) is 6.79. The van der Waals surface area contributed by atoms with Crippen LogP contribution in [0.15, 0.2) is 0 Å². The Kier molecular flexibility index (Phi) is 5.98. The van der Waals surface area contributed by atoms with Gasteiger partial charge in [-0.3, -0.25) is 4.79 Å². The summed E-state index contributed by atoms with van der Waals surface area (Å²) < 4.78 is 0. The van der Waals surface area contributed by atoms with E-state index in [2.05, 4.69) is 22.5 Å². The van der Waals surface area contributed by atoms with Gasteiger partial charge in [0.15, 0.2) is 5.13 Å². The minimum absolute atomic E-state index is 0.0801. The zero-order valence-corrected chi connectivity index (χ0v) is 13.3. The number of rotatable bonds is 7. The van der Waals surface area contributed by atoms with Crippen molar-refractivity contribution in [2.75, 3.05) is 18.9 Å². The van der Waals surface area contributed by atoms with Gasteiger partial charge < -0.3 is 10.6 Å². The lowest BCUT2D eigenvalue weighted by Crippen LogP contribution is -2.15. The highest BCUT2D eigenvalue weighted by atomic mass is 32.1. The third-order valence-corrected chi connectivity index (χ3v) is 4.85. The van der Waals surface area contributed by atoms with Crippen molar-refractivity contribution in [3.63, 3.8) is 0 Å². The highest BCUT2D eigenvalue weighted by molar-refractivity contribution is 7.15. The van der Waals surface area contributed by atoms with E-state index in [9.17, 15) is 4.79 Å². The Balaban J connectivity index is 1.87. The maximum absolute atomic E-state index is 11.8. The Morgan fingerprint density at radius 1 is 1.50 bits per heavy atom. The number of aryl methyl sites for hydroxylation is 1. The van der Waals surface area contributed by atoms with Crippen LogP contribution in [0.25, 0.3) is 0 Å². The van der Waals surface area contributed by atoms with Crippen LogP contribution in [-0.4, -0.2) is 24.5 Å². The fourth-order valence-electron chi connectivity index (χ4n) is 2.76. The number of hydrogen-bond donors (Lipinski definition) is 2. The second-order valence-electron chi connectivity index (χ2n) is 5.54. The van der Waals surface area contributed by atoms with Gasteiger partial charge in [0.05, 0.1) is 5.69 Å². The van der Waals surface area contributed by atoms with Gasteiger partial charge in [-0.15, -0.1) is 11.3 Å². The van der Waals surface area contributed by atoms with Crippen LogP contribution < -0.4 is 10.6 Å². The number of hydrogen-bond acceptors (Lipinski definition) is 4. The lowest BCUT2D eigenvalue weighted by atomic mass is 9.88. The largest absolute Gasteiger partial charge is 0.320 e. The van der Waals surface area contributed by atoms with Crippen LogP contribution in [0, 0.1) is 5.92 Å². The first-order valence-corrected chi connectivity index (χ1v) is 8.47. The summed E-state index contributed by atoms with van der Waals surface area (Å²) in [5.74, 6) is 0.892. The molecule has 0 aliphatic heterocycles. The number of thiazole rings is 1. The molecule has 1 aromatic heterocycles. The molecular formula is C15H25N3OS. The van der Waals surface area contributed by atoms with Crippen molar-refractivity contribution in [1.82, 2.24) is 10.3 Å². The summed E-state index contributed by atoms with van der Waals surface area (Å²) in [6, 6.07) is 0. The molecule has 5 heteroatoms. The number of anilines is 1. The van der Waals surface area contributed by atoms with Crippen molar-refractivity contribution in [2.24, 2.45) is 5.92 Å². The minimum Gasteiger partial charge on any atom is -0.320 e. The summed E-state index contributed by atoms with van der Waals surface area (Å²) in [6.45, 7) is 3.12. The first kappa shape index (κ1) is 15.4. The van der Waals surface area contributed by atoms with Crippen LogP contribution in [0.4, 0.5) is 5.13 Å². The van der Waals surface area contributed by atoms with Crippen LogP contribution in [-0.2, 0) is 17.6 Å². The van der Waals surface area contributed by atoms with Crippen LogP contribution in [0.2, 0.25) is 0 Å². The molecule has 2 rings (SSSR count). The first-order valence-electron chi connectivity index (χ1n) is 7.66. The number of carbonyl (C=O) groups excluding carboxylic acids is 1. The first-order chi connectivity index (χ1) is 9.72. The molecule has 0 saturated heterocycles. The number of nitrogens with one attached hydrogen (secondary N) is 2. The molecule has 1 unspecified atom stereocenters. The predicted octanol–water partition coefficient (Wildman–Crippen LogP) is 2.99. The number of aromatic nitrogens is 1. The van der Waals surface area contributed by atoms with E-state index in [0.717, 1.165) is 36.9 Å². The van der Waals surface area contributed by atoms with Gasteiger partial charge in [-0.05, 0) is 45.2 Å². The highest BCUT2D eigenvalue weighted by Crippen LogP contribution is 2.34. The van der Waals surface area contributed by atoms with Gasteiger partial charge in [0, 0.05) is 11.3 Å². The average Bonchev–Trinajstić information content (AvgIpc) is 2.80. The monoisotopic (exact) mass is 295 g/mol. The van der Waals surface area contributed by atoms with Gasteiger partial charge in [-0.2, -0.15) is 0 Å². The predicted molar refractivity (Wildman–Crippen MR) is 84.3 cm³/mol. The van der Waals surface area contributed by atoms with Gasteiger partial charge in [-0.1, -0.05) is 19.8 Å². The van der Waals surface area contributed by atoms with E-state index in [4.69, 9.17) is 0 Å². The van der Waals surface area contributed by atoms with Gasteiger partial charge >= 0.3 is 0 Å². The van der Waals surface area contributed by atoms with Crippen molar-refractivity contribution in [3.8, 4) is 0 Å². The molecule has 0 radical (unpaired) electrons. The summed E-state index contributed by atoms with van der Waals surface area (Å²) >= 11 is 1.67. The number of amides is 1. The Labute approximate surface area is 125 Å². The molecular weight excluding hydrogens is 270 g/mol. The molecule has 1 aliphatic carbocycles. The molecule has 0 saturated carbocycles. The molecule has 1 atom stereocenters. The van der Waals surface area contributed by atoms with Gasteiger partial charge in [0.2, 0.25) is 5.91 Å². The van der Waals surface area contributed by atoms with Crippen molar-refractivity contribution in [3.05, 3.63) is 10.6 Å². The second kappa shape index (κ2) is 7.74. The standard InChI is InChI=1S/C15H25N3OS/c1-3-5-11-7-8-12-13(10-11)20-15(17-12)18-14(19)6-4-9-16-2/h11,16H,3-10H2,1-2H3,(H,17,18,19). The van der Waals surface area contributed by atoms with E-state index < -0.39 is 0 Å². The number of carbonyl (C=O) groups is 1. The quantitative estimate of drug-likeness (QED) is 0.760. The maximum atomic E-state index is 11.8.